The maximum Gasteiger partial charge on any atom is 0.223 e. The van der Waals surface area contributed by atoms with E-state index in [2.05, 4.69) is 5.32 Å². The predicted molar refractivity (Wildman–Crippen MR) is 65.3 cm³/mol. The molecule has 1 rings (SSSR count). The van der Waals surface area contributed by atoms with Crippen LogP contribution in [-0.2, 0) is 14.3 Å². The standard InChI is InChI=1S/C12H24N2O3/c1-8(12(16-2)17-3)14-11(15)10-6-4-5-9(10)7-13/h8-10,12H,4-7,13H2,1-3H3,(H,14,15). The fourth-order valence-electron chi connectivity index (χ4n) is 2.57. The second kappa shape index (κ2) is 6.93. The lowest BCUT2D eigenvalue weighted by Crippen LogP contribution is -2.46. The molecule has 5 heteroatoms. The monoisotopic (exact) mass is 244 g/mol. The molecule has 0 radical (unpaired) electrons. The normalized spacial score (nSPS) is 26.2. The van der Waals surface area contributed by atoms with E-state index in [4.69, 9.17) is 15.2 Å². The highest BCUT2D eigenvalue weighted by atomic mass is 16.7. The third-order valence-electron chi connectivity index (χ3n) is 3.54. The molecule has 0 aromatic rings. The number of nitrogens with one attached hydrogen (secondary N) is 1. The minimum atomic E-state index is -0.406. The van der Waals surface area contributed by atoms with Gasteiger partial charge in [-0.05, 0) is 32.2 Å². The first-order valence-corrected chi connectivity index (χ1v) is 6.20. The molecule has 5 nitrogen and oxygen atoms in total. The third kappa shape index (κ3) is 3.66. The largest absolute Gasteiger partial charge is 0.354 e. The molecule has 1 amide bonds. The van der Waals surface area contributed by atoms with Crippen molar-refractivity contribution in [3.05, 3.63) is 0 Å². The van der Waals surface area contributed by atoms with Crippen LogP contribution in [0.15, 0.2) is 0 Å². The van der Waals surface area contributed by atoms with Crippen molar-refractivity contribution in [1.82, 2.24) is 5.32 Å². The zero-order valence-electron chi connectivity index (χ0n) is 10.9. The second-order valence-corrected chi connectivity index (χ2v) is 4.67. The van der Waals surface area contributed by atoms with Crippen molar-refractivity contribution in [2.45, 2.75) is 38.5 Å². The Hall–Kier alpha value is -0.650. The van der Waals surface area contributed by atoms with E-state index in [-0.39, 0.29) is 17.9 Å². The van der Waals surface area contributed by atoms with Crippen LogP contribution in [0.2, 0.25) is 0 Å². The van der Waals surface area contributed by atoms with Crippen LogP contribution < -0.4 is 11.1 Å². The van der Waals surface area contributed by atoms with Gasteiger partial charge >= 0.3 is 0 Å². The topological polar surface area (TPSA) is 73.6 Å². The average Bonchev–Trinajstić information content (AvgIpc) is 2.78. The number of rotatable bonds is 6. The first kappa shape index (κ1) is 14.4. The third-order valence-corrected chi connectivity index (χ3v) is 3.54. The lowest BCUT2D eigenvalue weighted by Gasteiger charge is -2.25. The first-order chi connectivity index (χ1) is 8.13. The summed E-state index contributed by atoms with van der Waals surface area (Å²) in [6.45, 7) is 2.46. The number of hydrogen-bond donors (Lipinski definition) is 2. The zero-order valence-corrected chi connectivity index (χ0v) is 10.9. The molecule has 3 N–H and O–H groups in total. The Bertz CT molecular complexity index is 244. The van der Waals surface area contributed by atoms with E-state index in [1.807, 2.05) is 6.92 Å². The van der Waals surface area contributed by atoms with Gasteiger partial charge in [-0.1, -0.05) is 6.42 Å². The zero-order chi connectivity index (χ0) is 12.8. The number of nitrogens with two attached hydrogens (primary N) is 1. The number of carbonyl (C=O) groups excluding carboxylic acids is 1. The molecular formula is C12H24N2O3. The van der Waals surface area contributed by atoms with Crippen LogP contribution in [0.3, 0.4) is 0 Å². The summed E-state index contributed by atoms with van der Waals surface area (Å²) in [6, 6.07) is -0.156. The fraction of sp³-hybridized carbons (Fsp3) is 0.917. The molecule has 17 heavy (non-hydrogen) atoms. The fourth-order valence-corrected chi connectivity index (χ4v) is 2.57. The van der Waals surface area contributed by atoms with Crippen LogP contribution in [0.1, 0.15) is 26.2 Å². The van der Waals surface area contributed by atoms with E-state index in [9.17, 15) is 4.79 Å². The molecule has 0 aromatic carbocycles. The number of methoxy groups -OCH3 is 2. The van der Waals surface area contributed by atoms with E-state index in [1.165, 1.54) is 0 Å². The number of hydrogen-bond acceptors (Lipinski definition) is 4. The van der Waals surface area contributed by atoms with Crippen molar-refractivity contribution in [3.8, 4) is 0 Å². The molecular weight excluding hydrogens is 220 g/mol. The molecule has 0 aromatic heterocycles. The Labute approximate surface area is 103 Å². The SMILES string of the molecule is COC(OC)C(C)NC(=O)C1CCCC1CN. The quantitative estimate of drug-likeness (QED) is 0.667. The van der Waals surface area contributed by atoms with Gasteiger partial charge in [0.05, 0.1) is 6.04 Å². The maximum absolute atomic E-state index is 12.1. The van der Waals surface area contributed by atoms with Crippen LogP contribution >= 0.6 is 0 Å². The molecule has 1 saturated carbocycles. The molecule has 0 heterocycles. The van der Waals surface area contributed by atoms with E-state index < -0.39 is 6.29 Å². The van der Waals surface area contributed by atoms with Gasteiger partial charge in [-0.15, -0.1) is 0 Å². The molecule has 0 saturated heterocycles. The summed E-state index contributed by atoms with van der Waals surface area (Å²) < 4.78 is 10.2. The van der Waals surface area contributed by atoms with E-state index in [1.54, 1.807) is 14.2 Å². The van der Waals surface area contributed by atoms with E-state index >= 15 is 0 Å². The van der Waals surface area contributed by atoms with Gasteiger partial charge in [0.2, 0.25) is 5.91 Å². The molecule has 3 unspecified atom stereocenters. The summed E-state index contributed by atoms with van der Waals surface area (Å²) in [5, 5.41) is 2.94. The molecule has 0 aliphatic heterocycles. The van der Waals surface area contributed by atoms with Gasteiger partial charge in [0.1, 0.15) is 0 Å². The minimum Gasteiger partial charge on any atom is -0.354 e. The highest BCUT2D eigenvalue weighted by Gasteiger charge is 2.33. The van der Waals surface area contributed by atoms with Crippen molar-refractivity contribution in [1.29, 1.82) is 0 Å². The highest BCUT2D eigenvalue weighted by molar-refractivity contribution is 5.79. The smallest absolute Gasteiger partial charge is 0.223 e. The Kier molecular flexibility index (Phi) is 5.88. The summed E-state index contributed by atoms with van der Waals surface area (Å²) in [6.07, 6.45) is 2.68. The Morgan fingerprint density at radius 1 is 1.41 bits per heavy atom. The lowest BCUT2D eigenvalue weighted by atomic mass is 9.95. The van der Waals surface area contributed by atoms with Gasteiger partial charge in [0.25, 0.3) is 0 Å². The maximum atomic E-state index is 12.1. The summed E-state index contributed by atoms with van der Waals surface area (Å²) >= 11 is 0. The van der Waals surface area contributed by atoms with Crippen molar-refractivity contribution < 1.29 is 14.3 Å². The average molecular weight is 244 g/mol. The Morgan fingerprint density at radius 3 is 2.59 bits per heavy atom. The summed E-state index contributed by atoms with van der Waals surface area (Å²) in [7, 11) is 3.13. The summed E-state index contributed by atoms with van der Waals surface area (Å²) in [5.74, 6) is 0.451. The molecule has 0 bridgehead atoms. The molecule has 1 aliphatic rings. The predicted octanol–water partition coefficient (Wildman–Crippen LogP) is 0.485. The Morgan fingerprint density at radius 2 is 2.06 bits per heavy atom. The molecule has 1 aliphatic carbocycles. The van der Waals surface area contributed by atoms with Crippen LogP contribution in [0.25, 0.3) is 0 Å². The van der Waals surface area contributed by atoms with Crippen molar-refractivity contribution in [2.24, 2.45) is 17.6 Å². The van der Waals surface area contributed by atoms with Gasteiger partial charge in [-0.2, -0.15) is 0 Å². The van der Waals surface area contributed by atoms with Gasteiger partial charge in [-0.3, -0.25) is 4.79 Å². The van der Waals surface area contributed by atoms with Crippen LogP contribution in [0, 0.1) is 11.8 Å². The van der Waals surface area contributed by atoms with Crippen molar-refractivity contribution >= 4 is 5.91 Å². The number of carbonyl (C=O) groups is 1. The van der Waals surface area contributed by atoms with E-state index in [0.29, 0.717) is 12.5 Å². The lowest BCUT2D eigenvalue weighted by molar-refractivity contribution is -0.139. The summed E-state index contributed by atoms with van der Waals surface area (Å²) in [5.41, 5.74) is 5.68. The van der Waals surface area contributed by atoms with E-state index in [0.717, 1.165) is 19.3 Å². The Balaban J connectivity index is 2.48. The van der Waals surface area contributed by atoms with Crippen LogP contribution in [0.5, 0.6) is 0 Å². The van der Waals surface area contributed by atoms with Gasteiger partial charge in [0.15, 0.2) is 6.29 Å². The number of amides is 1. The van der Waals surface area contributed by atoms with Gasteiger partial charge < -0.3 is 20.5 Å². The van der Waals surface area contributed by atoms with Crippen molar-refractivity contribution in [2.75, 3.05) is 20.8 Å². The number of ether oxygens (including phenoxy) is 2. The second-order valence-electron chi connectivity index (χ2n) is 4.67. The van der Waals surface area contributed by atoms with Crippen LogP contribution in [0.4, 0.5) is 0 Å². The molecule has 1 fully saturated rings. The molecule has 100 valence electrons. The molecule has 3 atom stereocenters. The first-order valence-electron chi connectivity index (χ1n) is 6.20. The molecule has 0 spiro atoms. The minimum absolute atomic E-state index is 0.0526. The highest BCUT2D eigenvalue weighted by Crippen LogP contribution is 2.31. The van der Waals surface area contributed by atoms with Gasteiger partial charge in [0, 0.05) is 20.1 Å². The summed E-state index contributed by atoms with van der Waals surface area (Å²) in [4.78, 5) is 12.1. The van der Waals surface area contributed by atoms with Gasteiger partial charge in [-0.25, -0.2) is 0 Å². The van der Waals surface area contributed by atoms with Crippen LogP contribution in [-0.4, -0.2) is 39.0 Å². The van der Waals surface area contributed by atoms with Crippen molar-refractivity contribution in [3.63, 3.8) is 0 Å².